The van der Waals surface area contributed by atoms with Gasteiger partial charge in [-0.15, -0.1) is 0 Å². The monoisotopic (exact) mass is 305 g/mol. The molecule has 2 heteroatoms. The molecule has 116 valence electrons. The number of pyridine rings is 1. The second-order valence-corrected chi connectivity index (χ2v) is 5.87. The van der Waals surface area contributed by atoms with Crippen LogP contribution < -0.4 is 0 Å². The van der Waals surface area contributed by atoms with Crippen molar-refractivity contribution in [3.05, 3.63) is 82.8 Å². The number of aryl methyl sites for hydroxylation is 2. The van der Waals surface area contributed by atoms with Crippen LogP contribution in [0.15, 0.2) is 49.2 Å². The van der Waals surface area contributed by atoms with Crippen LogP contribution in [-0.4, -0.2) is 4.98 Å². The molecular weight excluding hydrogens is 285 g/mol. The highest BCUT2D eigenvalue weighted by atomic mass is 19.1. The zero-order valence-electron chi connectivity index (χ0n) is 13.6. The van der Waals surface area contributed by atoms with Gasteiger partial charge in [0.05, 0.1) is 5.52 Å². The molecule has 3 rings (SSSR count). The maximum absolute atomic E-state index is 14.2. The highest BCUT2D eigenvalue weighted by Gasteiger charge is 2.09. The molecule has 0 radical (unpaired) electrons. The first kappa shape index (κ1) is 15.4. The number of hydrogen-bond donors (Lipinski definition) is 0. The molecule has 2 aromatic carbocycles. The average Bonchev–Trinajstić information content (AvgIpc) is 2.56. The molecule has 0 aliphatic carbocycles. The number of fused-ring (bicyclic) bond motifs is 1. The van der Waals surface area contributed by atoms with E-state index in [-0.39, 0.29) is 5.82 Å². The Hall–Kier alpha value is -2.48. The summed E-state index contributed by atoms with van der Waals surface area (Å²) in [6.45, 7) is 7.93. The number of hydrogen-bond acceptors (Lipinski definition) is 1. The topological polar surface area (TPSA) is 12.9 Å². The van der Waals surface area contributed by atoms with Gasteiger partial charge in [0.25, 0.3) is 0 Å². The van der Waals surface area contributed by atoms with E-state index in [0.29, 0.717) is 12.0 Å². The summed E-state index contributed by atoms with van der Waals surface area (Å²) in [7, 11) is 0. The van der Waals surface area contributed by atoms with Crippen molar-refractivity contribution in [3.63, 3.8) is 0 Å². The Morgan fingerprint density at radius 2 is 1.91 bits per heavy atom. The molecule has 0 unspecified atom stereocenters. The summed E-state index contributed by atoms with van der Waals surface area (Å²) in [4.78, 5) is 4.48. The van der Waals surface area contributed by atoms with Gasteiger partial charge in [-0.05, 0) is 65.4 Å². The van der Waals surface area contributed by atoms with Crippen LogP contribution in [0.3, 0.4) is 0 Å². The van der Waals surface area contributed by atoms with Crippen molar-refractivity contribution in [1.82, 2.24) is 4.98 Å². The van der Waals surface area contributed by atoms with E-state index >= 15 is 0 Å². The van der Waals surface area contributed by atoms with Crippen LogP contribution in [0.25, 0.3) is 17.0 Å². The van der Waals surface area contributed by atoms with Crippen molar-refractivity contribution < 1.29 is 4.39 Å². The third-order valence-corrected chi connectivity index (χ3v) is 4.28. The Morgan fingerprint density at radius 1 is 1.09 bits per heavy atom. The molecule has 0 bridgehead atoms. The SMILES string of the molecule is C=Cc1cc2c(Cc3ccc(C)cc3F)ccnc2cc1CC. The lowest BCUT2D eigenvalue weighted by Crippen LogP contribution is -1.97. The Labute approximate surface area is 136 Å². The number of halogens is 1. The first-order valence-electron chi connectivity index (χ1n) is 7.90. The van der Waals surface area contributed by atoms with Crippen LogP contribution in [0, 0.1) is 12.7 Å². The van der Waals surface area contributed by atoms with Gasteiger partial charge in [0, 0.05) is 18.0 Å². The quantitative estimate of drug-likeness (QED) is 0.622. The first-order valence-corrected chi connectivity index (χ1v) is 7.90. The summed E-state index contributed by atoms with van der Waals surface area (Å²) in [5, 5.41) is 1.07. The van der Waals surface area contributed by atoms with Gasteiger partial charge in [-0.2, -0.15) is 0 Å². The number of aromatic nitrogens is 1. The zero-order valence-corrected chi connectivity index (χ0v) is 13.6. The molecule has 1 aromatic heterocycles. The Kier molecular flexibility index (Phi) is 4.24. The third-order valence-electron chi connectivity index (χ3n) is 4.28. The molecule has 23 heavy (non-hydrogen) atoms. The van der Waals surface area contributed by atoms with Gasteiger partial charge in [-0.1, -0.05) is 31.7 Å². The molecule has 0 aliphatic rings. The summed E-state index contributed by atoms with van der Waals surface area (Å²) in [5.74, 6) is -0.149. The number of benzene rings is 2. The second kappa shape index (κ2) is 6.33. The van der Waals surface area contributed by atoms with Gasteiger partial charge in [-0.3, -0.25) is 4.98 Å². The van der Waals surface area contributed by atoms with Crippen LogP contribution in [0.2, 0.25) is 0 Å². The van der Waals surface area contributed by atoms with Crippen molar-refractivity contribution in [1.29, 1.82) is 0 Å². The van der Waals surface area contributed by atoms with E-state index in [9.17, 15) is 4.39 Å². The normalized spacial score (nSPS) is 10.9. The summed E-state index contributed by atoms with van der Waals surface area (Å²) < 4.78 is 14.2. The predicted octanol–water partition coefficient (Wildman–Crippen LogP) is 5.48. The van der Waals surface area contributed by atoms with Crippen LogP contribution >= 0.6 is 0 Å². The Bertz CT molecular complexity index is 880. The first-order chi connectivity index (χ1) is 11.1. The van der Waals surface area contributed by atoms with Crippen molar-refractivity contribution in [2.24, 2.45) is 0 Å². The Balaban J connectivity index is 2.12. The highest BCUT2D eigenvalue weighted by molar-refractivity contribution is 5.86. The minimum Gasteiger partial charge on any atom is -0.256 e. The van der Waals surface area contributed by atoms with Crippen molar-refractivity contribution in [2.45, 2.75) is 26.7 Å². The molecule has 0 N–H and O–H groups in total. The molecule has 0 saturated carbocycles. The molecule has 1 nitrogen and oxygen atoms in total. The smallest absolute Gasteiger partial charge is 0.126 e. The van der Waals surface area contributed by atoms with Crippen molar-refractivity contribution >= 4 is 17.0 Å². The molecule has 0 amide bonds. The minimum absolute atomic E-state index is 0.149. The van der Waals surface area contributed by atoms with Gasteiger partial charge < -0.3 is 0 Å². The fraction of sp³-hybridized carbons (Fsp3) is 0.190. The van der Waals surface area contributed by atoms with E-state index in [4.69, 9.17) is 0 Å². The lowest BCUT2D eigenvalue weighted by molar-refractivity contribution is 0.613. The molecule has 0 aliphatic heterocycles. The molecular formula is C21H20FN. The van der Waals surface area contributed by atoms with E-state index in [1.807, 2.05) is 31.2 Å². The standard InChI is InChI=1S/C21H20FN/c1-4-15-12-19-17(8-9-23-21(19)13-16(15)5-2)11-18-7-6-14(3)10-20(18)22/h4,6-10,12-13H,1,5,11H2,2-3H3. The van der Waals surface area contributed by atoms with E-state index in [0.717, 1.165) is 34.0 Å². The second-order valence-electron chi connectivity index (χ2n) is 5.87. The lowest BCUT2D eigenvalue weighted by atomic mass is 9.96. The average molecular weight is 305 g/mol. The lowest BCUT2D eigenvalue weighted by Gasteiger charge is -2.11. The van der Waals surface area contributed by atoms with Crippen LogP contribution in [-0.2, 0) is 12.8 Å². The maximum Gasteiger partial charge on any atom is 0.126 e. The largest absolute Gasteiger partial charge is 0.256 e. The highest BCUT2D eigenvalue weighted by Crippen LogP contribution is 2.25. The fourth-order valence-corrected chi connectivity index (χ4v) is 2.96. The molecule has 1 heterocycles. The maximum atomic E-state index is 14.2. The molecule has 0 saturated heterocycles. The van der Waals surface area contributed by atoms with Gasteiger partial charge in [0.1, 0.15) is 5.82 Å². The Morgan fingerprint density at radius 3 is 2.61 bits per heavy atom. The summed E-state index contributed by atoms with van der Waals surface area (Å²) in [6, 6.07) is 11.6. The fourth-order valence-electron chi connectivity index (χ4n) is 2.96. The summed E-state index contributed by atoms with van der Waals surface area (Å²) in [6.07, 6.45) is 5.18. The van der Waals surface area contributed by atoms with Gasteiger partial charge in [-0.25, -0.2) is 4.39 Å². The van der Waals surface area contributed by atoms with Gasteiger partial charge >= 0.3 is 0 Å². The van der Waals surface area contributed by atoms with Crippen LogP contribution in [0.5, 0.6) is 0 Å². The van der Waals surface area contributed by atoms with Crippen molar-refractivity contribution in [2.75, 3.05) is 0 Å². The summed E-state index contributed by atoms with van der Waals surface area (Å²) in [5.41, 5.74) is 6.05. The van der Waals surface area contributed by atoms with E-state index in [2.05, 4.69) is 30.6 Å². The van der Waals surface area contributed by atoms with Crippen LogP contribution in [0.4, 0.5) is 4.39 Å². The van der Waals surface area contributed by atoms with E-state index in [1.54, 1.807) is 12.3 Å². The molecule has 0 spiro atoms. The third kappa shape index (κ3) is 3.02. The minimum atomic E-state index is -0.149. The number of nitrogens with zero attached hydrogens (tertiary/aromatic N) is 1. The van der Waals surface area contributed by atoms with Gasteiger partial charge in [0.2, 0.25) is 0 Å². The predicted molar refractivity (Wildman–Crippen MR) is 95.2 cm³/mol. The van der Waals surface area contributed by atoms with Crippen molar-refractivity contribution in [3.8, 4) is 0 Å². The van der Waals surface area contributed by atoms with Crippen LogP contribution in [0.1, 0.15) is 34.7 Å². The van der Waals surface area contributed by atoms with E-state index in [1.165, 1.54) is 5.56 Å². The zero-order chi connectivity index (χ0) is 16.4. The molecule has 0 fully saturated rings. The molecule has 3 aromatic rings. The van der Waals surface area contributed by atoms with Gasteiger partial charge in [0.15, 0.2) is 0 Å². The molecule has 0 atom stereocenters. The number of rotatable bonds is 4. The summed E-state index contributed by atoms with van der Waals surface area (Å²) >= 11 is 0. The van der Waals surface area contributed by atoms with E-state index < -0.39 is 0 Å².